The van der Waals surface area contributed by atoms with Gasteiger partial charge in [0.15, 0.2) is 11.4 Å². The fourth-order valence-corrected chi connectivity index (χ4v) is 2.20. The third-order valence-electron chi connectivity index (χ3n) is 3.10. The monoisotopic (exact) mass is 218 g/mol. The van der Waals surface area contributed by atoms with E-state index in [9.17, 15) is 10.1 Å². The Balaban J connectivity index is 2.69. The molecule has 1 unspecified atom stereocenters. The maximum absolute atomic E-state index is 12.0. The molecule has 0 aliphatic heterocycles. The topological polar surface area (TPSA) is 46.5 Å². The molecule has 0 fully saturated rings. The molecule has 1 aromatic carbocycles. The summed E-state index contributed by atoms with van der Waals surface area (Å²) in [5.41, 5.74) is 0.371. The lowest BCUT2D eigenvalue weighted by molar-refractivity contribution is -0.326. The zero-order valence-electron chi connectivity index (χ0n) is 9.31. The largest absolute Gasteiger partial charge is 0.291 e. The van der Waals surface area contributed by atoms with Crippen molar-refractivity contribution in [1.82, 2.24) is 0 Å². The minimum Gasteiger partial charge on any atom is -0.291 e. The average molecular weight is 218 g/mol. The molecular weight excluding hydrogens is 204 g/mol. The maximum Gasteiger partial charge on any atom is 0.195 e. The number of hydrogen-bond donors (Lipinski definition) is 1. The molecule has 0 heterocycles. The smallest absolute Gasteiger partial charge is 0.195 e. The number of ketones is 1. The predicted octanol–water partition coefficient (Wildman–Crippen LogP) is 2.62. The molecule has 0 radical (unpaired) electrons. The van der Waals surface area contributed by atoms with Gasteiger partial charge in [0.25, 0.3) is 0 Å². The molecule has 1 aliphatic carbocycles. The van der Waals surface area contributed by atoms with Gasteiger partial charge in [-0.15, -0.1) is 0 Å². The van der Waals surface area contributed by atoms with Crippen LogP contribution in [0.15, 0.2) is 30.3 Å². The molecule has 0 saturated heterocycles. The second-order valence-electron chi connectivity index (χ2n) is 4.27. The fourth-order valence-electron chi connectivity index (χ4n) is 2.20. The first-order chi connectivity index (χ1) is 7.63. The van der Waals surface area contributed by atoms with Crippen LogP contribution in [0.4, 0.5) is 0 Å². The van der Waals surface area contributed by atoms with Crippen molar-refractivity contribution >= 4 is 11.9 Å². The Hall–Kier alpha value is -1.45. The Labute approximate surface area is 94.3 Å². The number of benzene rings is 1. The van der Waals surface area contributed by atoms with E-state index in [1.165, 1.54) is 6.08 Å². The van der Waals surface area contributed by atoms with Crippen LogP contribution in [0.1, 0.15) is 25.0 Å². The van der Waals surface area contributed by atoms with Gasteiger partial charge in [0.2, 0.25) is 0 Å². The van der Waals surface area contributed by atoms with Crippen LogP contribution in [0.25, 0.3) is 6.08 Å². The van der Waals surface area contributed by atoms with E-state index in [0.29, 0.717) is 0 Å². The van der Waals surface area contributed by atoms with Gasteiger partial charge < -0.3 is 0 Å². The van der Waals surface area contributed by atoms with Crippen LogP contribution in [-0.4, -0.2) is 11.0 Å². The van der Waals surface area contributed by atoms with Crippen molar-refractivity contribution in [1.29, 1.82) is 0 Å². The van der Waals surface area contributed by atoms with E-state index >= 15 is 0 Å². The van der Waals surface area contributed by atoms with Gasteiger partial charge in [-0.05, 0) is 17.6 Å². The van der Waals surface area contributed by atoms with Crippen molar-refractivity contribution < 1.29 is 14.9 Å². The zero-order valence-corrected chi connectivity index (χ0v) is 9.31. The normalized spacial score (nSPS) is 23.6. The van der Waals surface area contributed by atoms with Gasteiger partial charge >= 0.3 is 0 Å². The molecule has 16 heavy (non-hydrogen) atoms. The summed E-state index contributed by atoms with van der Waals surface area (Å²) in [5.74, 6) is -0.361. The Morgan fingerprint density at radius 3 is 2.56 bits per heavy atom. The van der Waals surface area contributed by atoms with E-state index in [0.717, 1.165) is 11.1 Å². The van der Waals surface area contributed by atoms with Gasteiger partial charge in [0.05, 0.1) is 0 Å². The van der Waals surface area contributed by atoms with E-state index in [4.69, 9.17) is 0 Å². The minimum atomic E-state index is -1.26. The standard InChI is InChI=1S/C13H14O3/c1-9(2)13(16-15)11-6-4-3-5-10(11)7-8-12(13)14/h3-9,15H,1-2H3. The SMILES string of the molecule is CC(C)C1(OO)C(=O)C=Cc2ccccc21. The highest BCUT2D eigenvalue weighted by Gasteiger charge is 2.46. The predicted molar refractivity (Wildman–Crippen MR) is 60.7 cm³/mol. The van der Waals surface area contributed by atoms with Crippen LogP contribution in [0.3, 0.4) is 0 Å². The van der Waals surface area contributed by atoms with E-state index in [1.807, 2.05) is 38.1 Å². The molecule has 0 saturated carbocycles. The molecule has 3 nitrogen and oxygen atoms in total. The van der Waals surface area contributed by atoms with Crippen LogP contribution in [0.2, 0.25) is 0 Å². The molecule has 0 amide bonds. The summed E-state index contributed by atoms with van der Waals surface area (Å²) in [6.07, 6.45) is 3.20. The van der Waals surface area contributed by atoms with Gasteiger partial charge in [-0.25, -0.2) is 4.89 Å². The first-order valence-electron chi connectivity index (χ1n) is 5.27. The molecule has 0 spiro atoms. The lowest BCUT2D eigenvalue weighted by Gasteiger charge is -2.35. The molecule has 3 heteroatoms. The number of rotatable bonds is 2. The second-order valence-corrected chi connectivity index (χ2v) is 4.27. The quantitative estimate of drug-likeness (QED) is 0.613. The molecule has 1 aliphatic rings. The third kappa shape index (κ3) is 1.32. The minimum absolute atomic E-state index is 0.143. The van der Waals surface area contributed by atoms with Crippen molar-refractivity contribution in [2.75, 3.05) is 0 Å². The van der Waals surface area contributed by atoms with E-state index in [1.54, 1.807) is 6.08 Å². The van der Waals surface area contributed by atoms with Gasteiger partial charge in [-0.2, -0.15) is 0 Å². The molecule has 0 aromatic heterocycles. The molecule has 2 rings (SSSR count). The van der Waals surface area contributed by atoms with Crippen LogP contribution in [0, 0.1) is 5.92 Å². The van der Waals surface area contributed by atoms with Gasteiger partial charge in [0.1, 0.15) is 0 Å². The third-order valence-corrected chi connectivity index (χ3v) is 3.10. The summed E-state index contributed by atoms with van der Waals surface area (Å²) in [6, 6.07) is 7.43. The van der Waals surface area contributed by atoms with Crippen molar-refractivity contribution in [2.24, 2.45) is 5.92 Å². The number of carbonyl (C=O) groups is 1. The van der Waals surface area contributed by atoms with E-state index in [-0.39, 0.29) is 11.7 Å². The van der Waals surface area contributed by atoms with Crippen LogP contribution in [0.5, 0.6) is 0 Å². The van der Waals surface area contributed by atoms with Crippen molar-refractivity contribution in [2.45, 2.75) is 19.4 Å². The summed E-state index contributed by atoms with van der Waals surface area (Å²) in [4.78, 5) is 16.6. The fraction of sp³-hybridized carbons (Fsp3) is 0.308. The highest BCUT2D eigenvalue weighted by Crippen LogP contribution is 2.39. The number of hydrogen-bond acceptors (Lipinski definition) is 3. The Bertz CT molecular complexity index is 448. The summed E-state index contributed by atoms with van der Waals surface area (Å²) in [5, 5.41) is 9.17. The molecule has 1 atom stereocenters. The van der Waals surface area contributed by atoms with Crippen LogP contribution in [-0.2, 0) is 15.3 Å². The lowest BCUT2D eigenvalue weighted by atomic mass is 9.75. The summed E-state index contributed by atoms with van der Waals surface area (Å²) < 4.78 is 0. The molecule has 1 N–H and O–H groups in total. The van der Waals surface area contributed by atoms with Crippen molar-refractivity contribution in [3.05, 3.63) is 41.5 Å². The van der Waals surface area contributed by atoms with E-state index in [2.05, 4.69) is 4.89 Å². The lowest BCUT2D eigenvalue weighted by Crippen LogP contribution is -2.44. The number of carbonyl (C=O) groups excluding carboxylic acids is 1. The summed E-state index contributed by atoms with van der Waals surface area (Å²) >= 11 is 0. The zero-order chi connectivity index (χ0) is 11.8. The first kappa shape index (κ1) is 11.0. The maximum atomic E-state index is 12.0. The van der Waals surface area contributed by atoms with Gasteiger partial charge in [-0.1, -0.05) is 44.2 Å². The van der Waals surface area contributed by atoms with Crippen LogP contribution < -0.4 is 0 Å². The average Bonchev–Trinajstić information content (AvgIpc) is 2.29. The van der Waals surface area contributed by atoms with Crippen molar-refractivity contribution in [3.63, 3.8) is 0 Å². The summed E-state index contributed by atoms with van der Waals surface area (Å²) in [6.45, 7) is 3.70. The van der Waals surface area contributed by atoms with E-state index < -0.39 is 5.60 Å². The Morgan fingerprint density at radius 1 is 1.25 bits per heavy atom. The first-order valence-corrected chi connectivity index (χ1v) is 5.27. The van der Waals surface area contributed by atoms with Crippen LogP contribution >= 0.6 is 0 Å². The second kappa shape index (κ2) is 3.85. The Morgan fingerprint density at radius 2 is 1.94 bits per heavy atom. The highest BCUT2D eigenvalue weighted by molar-refractivity contribution is 6.04. The number of fused-ring (bicyclic) bond motifs is 1. The molecule has 0 bridgehead atoms. The van der Waals surface area contributed by atoms with Gasteiger partial charge in [0, 0.05) is 5.56 Å². The molecule has 1 aromatic rings. The Kier molecular flexibility index (Phi) is 2.66. The molecular formula is C13H14O3. The summed E-state index contributed by atoms with van der Waals surface area (Å²) in [7, 11) is 0. The van der Waals surface area contributed by atoms with Crippen molar-refractivity contribution in [3.8, 4) is 0 Å². The molecule has 84 valence electrons. The van der Waals surface area contributed by atoms with Gasteiger partial charge in [-0.3, -0.25) is 10.1 Å². The highest BCUT2D eigenvalue weighted by atomic mass is 17.1.